The Labute approximate surface area is 115 Å². The molecule has 0 radical (unpaired) electrons. The summed E-state index contributed by atoms with van der Waals surface area (Å²) in [5.74, 6) is 3.39. The smallest absolute Gasteiger partial charge is 0.410 e. The third-order valence-electron chi connectivity index (χ3n) is 2.50. The van der Waals surface area contributed by atoms with Gasteiger partial charge in [-0.3, -0.25) is 9.89 Å². The Morgan fingerprint density at radius 2 is 2.32 bits per heavy atom. The molecule has 1 aliphatic rings. The molecule has 1 aliphatic heterocycles. The average molecular weight is 265 g/mol. The highest BCUT2D eigenvalue weighted by Gasteiger charge is 2.25. The maximum Gasteiger partial charge on any atom is 0.410 e. The molecular weight excluding hydrogens is 242 g/mol. The molecule has 5 nitrogen and oxygen atoms in total. The number of hydrogen-bond acceptors (Lipinski definition) is 4. The van der Waals surface area contributed by atoms with Crippen LogP contribution in [0.1, 0.15) is 34.1 Å². The van der Waals surface area contributed by atoms with Gasteiger partial charge in [-0.1, -0.05) is 0 Å². The molecule has 5 heteroatoms. The summed E-state index contributed by atoms with van der Waals surface area (Å²) in [7, 11) is 0. The van der Waals surface area contributed by atoms with Crippen LogP contribution >= 0.6 is 0 Å². The van der Waals surface area contributed by atoms with Crippen LogP contribution in [0.4, 0.5) is 4.79 Å². The quantitative estimate of drug-likeness (QED) is 0.772. The van der Waals surface area contributed by atoms with Gasteiger partial charge in [0, 0.05) is 19.0 Å². The number of nitrogens with zero attached hydrogens (tertiary/aromatic N) is 2. The Morgan fingerprint density at radius 1 is 1.63 bits per heavy atom. The third kappa shape index (κ3) is 5.64. The minimum Gasteiger partial charge on any atom is -0.444 e. The van der Waals surface area contributed by atoms with Crippen molar-refractivity contribution in [3.63, 3.8) is 0 Å². The number of nitrogens with one attached hydrogen (secondary N) is 1. The maximum atomic E-state index is 12.0. The molecule has 1 unspecified atom stereocenters. The van der Waals surface area contributed by atoms with E-state index < -0.39 is 5.60 Å². The molecular formula is C14H23N3O2. The molecule has 1 N–H and O–H groups in total. The zero-order valence-electron chi connectivity index (χ0n) is 12.2. The van der Waals surface area contributed by atoms with Crippen molar-refractivity contribution in [1.82, 2.24) is 10.2 Å². The van der Waals surface area contributed by atoms with Crippen molar-refractivity contribution >= 4 is 11.9 Å². The van der Waals surface area contributed by atoms with Gasteiger partial charge >= 0.3 is 6.09 Å². The van der Waals surface area contributed by atoms with Crippen LogP contribution in [-0.2, 0) is 4.74 Å². The molecule has 0 aromatic rings. The molecule has 1 rings (SSSR count). The fraction of sp³-hybridized carbons (Fsp3) is 0.714. The first-order valence-corrected chi connectivity index (χ1v) is 6.53. The van der Waals surface area contributed by atoms with Crippen LogP contribution in [0.3, 0.4) is 0 Å². The number of amidine groups is 1. The number of carbonyl (C=O) groups excluding carboxylic acids is 1. The lowest BCUT2D eigenvalue weighted by Crippen LogP contribution is -2.48. The van der Waals surface area contributed by atoms with Gasteiger partial charge in [0.05, 0.1) is 13.1 Å². The van der Waals surface area contributed by atoms with Crippen LogP contribution in [0.25, 0.3) is 0 Å². The third-order valence-corrected chi connectivity index (χ3v) is 2.50. The van der Waals surface area contributed by atoms with Gasteiger partial charge in [0.2, 0.25) is 0 Å². The second-order valence-corrected chi connectivity index (χ2v) is 5.68. The number of rotatable bonds is 2. The molecule has 0 fully saturated rings. The molecule has 0 saturated heterocycles. The van der Waals surface area contributed by atoms with Gasteiger partial charge in [-0.05, 0) is 27.7 Å². The Kier molecular flexibility index (Phi) is 5.22. The first kappa shape index (κ1) is 15.4. The summed E-state index contributed by atoms with van der Waals surface area (Å²) in [4.78, 5) is 18.0. The van der Waals surface area contributed by atoms with E-state index in [9.17, 15) is 4.79 Å². The molecule has 1 heterocycles. The first-order valence-electron chi connectivity index (χ1n) is 6.53. The SMILES string of the molecule is C#CCC(C)NC1=NCCN(C(=O)OC(C)(C)C)C1. The van der Waals surface area contributed by atoms with Gasteiger partial charge in [-0.15, -0.1) is 12.3 Å². The van der Waals surface area contributed by atoms with E-state index in [2.05, 4.69) is 16.2 Å². The van der Waals surface area contributed by atoms with Crippen molar-refractivity contribution in [1.29, 1.82) is 0 Å². The van der Waals surface area contributed by atoms with Gasteiger partial charge in [0.25, 0.3) is 0 Å². The van der Waals surface area contributed by atoms with Crippen LogP contribution in [0, 0.1) is 12.3 Å². The summed E-state index contributed by atoms with van der Waals surface area (Å²) in [6.07, 6.45) is 5.60. The second-order valence-electron chi connectivity index (χ2n) is 5.68. The lowest BCUT2D eigenvalue weighted by Gasteiger charge is -2.30. The molecule has 1 amide bonds. The fourth-order valence-corrected chi connectivity index (χ4v) is 1.70. The predicted octanol–water partition coefficient (Wildman–Crippen LogP) is 1.64. The number of hydrogen-bond donors (Lipinski definition) is 1. The predicted molar refractivity (Wildman–Crippen MR) is 76.2 cm³/mol. The van der Waals surface area contributed by atoms with Crippen molar-refractivity contribution in [2.45, 2.75) is 45.8 Å². The zero-order chi connectivity index (χ0) is 14.5. The summed E-state index contributed by atoms with van der Waals surface area (Å²) in [5, 5.41) is 3.23. The van der Waals surface area contributed by atoms with Crippen molar-refractivity contribution < 1.29 is 9.53 Å². The molecule has 19 heavy (non-hydrogen) atoms. The van der Waals surface area contributed by atoms with E-state index in [1.54, 1.807) is 4.90 Å². The monoisotopic (exact) mass is 265 g/mol. The number of carbonyl (C=O) groups is 1. The second kappa shape index (κ2) is 6.46. The standard InChI is InChI=1S/C14H23N3O2/c1-6-7-11(2)16-12-10-17(9-8-15-12)13(18)19-14(3,4)5/h1,11H,7-10H2,2-5H3,(H,15,16). The van der Waals surface area contributed by atoms with E-state index in [4.69, 9.17) is 11.2 Å². The van der Waals surface area contributed by atoms with Crippen LogP contribution in [-0.4, -0.2) is 48.1 Å². The van der Waals surface area contributed by atoms with E-state index in [-0.39, 0.29) is 12.1 Å². The van der Waals surface area contributed by atoms with Crippen LogP contribution in [0.5, 0.6) is 0 Å². The Morgan fingerprint density at radius 3 is 2.89 bits per heavy atom. The lowest BCUT2D eigenvalue weighted by molar-refractivity contribution is 0.0276. The summed E-state index contributed by atoms with van der Waals surface area (Å²) in [6, 6.07) is 0.155. The van der Waals surface area contributed by atoms with E-state index in [1.807, 2.05) is 27.7 Å². The molecule has 0 aromatic heterocycles. The number of aliphatic imine (C=N–C) groups is 1. The largest absolute Gasteiger partial charge is 0.444 e. The van der Waals surface area contributed by atoms with Crippen LogP contribution in [0.2, 0.25) is 0 Å². The van der Waals surface area contributed by atoms with Crippen molar-refractivity contribution in [3.8, 4) is 12.3 Å². The Hall–Kier alpha value is -1.70. The minimum atomic E-state index is -0.476. The van der Waals surface area contributed by atoms with Crippen LogP contribution < -0.4 is 5.32 Å². The molecule has 0 bridgehead atoms. The van der Waals surface area contributed by atoms with E-state index >= 15 is 0 Å². The van der Waals surface area contributed by atoms with Gasteiger partial charge < -0.3 is 10.1 Å². The average Bonchev–Trinajstić information content (AvgIpc) is 2.27. The van der Waals surface area contributed by atoms with E-state index in [0.717, 1.165) is 5.84 Å². The Balaban J connectivity index is 2.52. The molecule has 0 spiro atoms. The highest BCUT2D eigenvalue weighted by Crippen LogP contribution is 2.11. The van der Waals surface area contributed by atoms with Gasteiger partial charge in [0.15, 0.2) is 0 Å². The zero-order valence-corrected chi connectivity index (χ0v) is 12.2. The molecule has 0 aliphatic carbocycles. The van der Waals surface area contributed by atoms with E-state index in [0.29, 0.717) is 26.1 Å². The Bertz CT molecular complexity index is 390. The summed E-state index contributed by atoms with van der Waals surface area (Å²) >= 11 is 0. The topological polar surface area (TPSA) is 53.9 Å². The highest BCUT2D eigenvalue weighted by atomic mass is 16.6. The molecule has 106 valence electrons. The highest BCUT2D eigenvalue weighted by molar-refractivity contribution is 5.88. The van der Waals surface area contributed by atoms with Crippen molar-refractivity contribution in [2.24, 2.45) is 4.99 Å². The van der Waals surface area contributed by atoms with Crippen LogP contribution in [0.15, 0.2) is 4.99 Å². The number of terminal acetylenes is 1. The number of amides is 1. The van der Waals surface area contributed by atoms with Crippen molar-refractivity contribution in [3.05, 3.63) is 0 Å². The summed E-state index contributed by atoms with van der Waals surface area (Å²) in [5.41, 5.74) is -0.476. The summed E-state index contributed by atoms with van der Waals surface area (Å²) < 4.78 is 5.35. The molecule has 0 aromatic carbocycles. The summed E-state index contributed by atoms with van der Waals surface area (Å²) in [6.45, 7) is 9.19. The molecule has 0 saturated carbocycles. The fourth-order valence-electron chi connectivity index (χ4n) is 1.70. The minimum absolute atomic E-state index is 0.155. The van der Waals surface area contributed by atoms with Gasteiger partial charge in [-0.2, -0.15) is 0 Å². The van der Waals surface area contributed by atoms with Gasteiger partial charge in [0.1, 0.15) is 11.4 Å². The maximum absolute atomic E-state index is 12.0. The first-order chi connectivity index (χ1) is 8.81. The van der Waals surface area contributed by atoms with E-state index in [1.165, 1.54) is 0 Å². The normalized spacial score (nSPS) is 17.2. The lowest BCUT2D eigenvalue weighted by atomic mass is 10.2. The van der Waals surface area contributed by atoms with Gasteiger partial charge in [-0.25, -0.2) is 4.79 Å². The number of ether oxygens (including phenoxy) is 1. The molecule has 1 atom stereocenters. The van der Waals surface area contributed by atoms with Crippen molar-refractivity contribution in [2.75, 3.05) is 19.6 Å².